The summed E-state index contributed by atoms with van der Waals surface area (Å²) in [5.74, 6) is 0.355. The van der Waals surface area contributed by atoms with Crippen LogP contribution in [0, 0.1) is 0 Å². The first-order chi connectivity index (χ1) is 12.1. The van der Waals surface area contributed by atoms with Crippen LogP contribution in [0.2, 0.25) is 10.0 Å². The molecule has 7 heteroatoms. The largest absolute Gasteiger partial charge is 0.476 e. The number of halogens is 3. The lowest BCUT2D eigenvalue weighted by Crippen LogP contribution is -2.45. The Kier molecular flexibility index (Phi) is 8.04. The van der Waals surface area contributed by atoms with Crippen molar-refractivity contribution in [1.82, 2.24) is 10.6 Å². The van der Waals surface area contributed by atoms with E-state index in [1.165, 1.54) is 0 Å². The Morgan fingerprint density at radius 2 is 1.77 bits per heavy atom. The van der Waals surface area contributed by atoms with Crippen molar-refractivity contribution in [3.8, 4) is 5.75 Å². The molecule has 0 aromatic heterocycles. The van der Waals surface area contributed by atoms with Crippen LogP contribution in [-0.2, 0) is 4.79 Å². The molecule has 1 amide bonds. The number of benzene rings is 2. The Bertz CT molecular complexity index is 722. The first kappa shape index (κ1) is 20.8. The van der Waals surface area contributed by atoms with E-state index in [9.17, 15) is 4.79 Å². The molecule has 1 unspecified atom stereocenters. The quantitative estimate of drug-likeness (QED) is 0.761. The van der Waals surface area contributed by atoms with Gasteiger partial charge in [0, 0.05) is 17.7 Å². The summed E-state index contributed by atoms with van der Waals surface area (Å²) in [4.78, 5) is 12.9. The lowest BCUT2D eigenvalue weighted by molar-refractivity contribution is -0.129. The van der Waals surface area contributed by atoms with Gasteiger partial charge >= 0.3 is 0 Å². The monoisotopic (exact) mass is 414 g/mol. The van der Waals surface area contributed by atoms with E-state index < -0.39 is 6.10 Å². The minimum Gasteiger partial charge on any atom is -0.476 e. The van der Waals surface area contributed by atoms with Gasteiger partial charge in [0.05, 0.1) is 10.0 Å². The third-order valence-corrected chi connectivity index (χ3v) is 4.91. The number of amides is 1. The highest BCUT2D eigenvalue weighted by molar-refractivity contribution is 6.42. The van der Waals surface area contributed by atoms with Crippen LogP contribution in [0.25, 0.3) is 0 Å². The lowest BCUT2D eigenvalue weighted by Gasteiger charge is -2.26. The van der Waals surface area contributed by atoms with Crippen molar-refractivity contribution in [1.29, 1.82) is 0 Å². The van der Waals surface area contributed by atoms with Crippen molar-refractivity contribution in [3.63, 3.8) is 0 Å². The molecule has 0 saturated carbocycles. The van der Waals surface area contributed by atoms with Gasteiger partial charge < -0.3 is 15.4 Å². The fourth-order valence-corrected chi connectivity index (χ4v) is 3.12. The molecule has 26 heavy (non-hydrogen) atoms. The molecule has 1 heterocycles. The third kappa shape index (κ3) is 5.52. The van der Waals surface area contributed by atoms with E-state index in [1.807, 2.05) is 30.3 Å². The van der Waals surface area contributed by atoms with Crippen LogP contribution in [0.15, 0.2) is 48.5 Å². The van der Waals surface area contributed by atoms with Crippen molar-refractivity contribution in [2.24, 2.45) is 0 Å². The molecule has 2 aromatic rings. The van der Waals surface area contributed by atoms with Gasteiger partial charge in [-0.2, -0.15) is 0 Å². The van der Waals surface area contributed by atoms with E-state index in [0.717, 1.165) is 31.5 Å². The van der Waals surface area contributed by atoms with Crippen LogP contribution in [0.1, 0.15) is 24.5 Å². The normalized spacial score (nSPS) is 15.6. The van der Waals surface area contributed by atoms with Gasteiger partial charge in [-0.25, -0.2) is 0 Å². The van der Waals surface area contributed by atoms with E-state index in [4.69, 9.17) is 27.9 Å². The summed E-state index contributed by atoms with van der Waals surface area (Å²) >= 11 is 12.0. The first-order valence-corrected chi connectivity index (χ1v) is 9.07. The maximum absolute atomic E-state index is 12.9. The van der Waals surface area contributed by atoms with Gasteiger partial charge in [0.25, 0.3) is 5.91 Å². The molecule has 1 atom stereocenters. The number of rotatable bonds is 5. The van der Waals surface area contributed by atoms with E-state index in [1.54, 1.807) is 18.2 Å². The van der Waals surface area contributed by atoms with Gasteiger partial charge in [0.1, 0.15) is 5.75 Å². The summed E-state index contributed by atoms with van der Waals surface area (Å²) in [6, 6.07) is 14.6. The molecular weight excluding hydrogens is 395 g/mol. The average molecular weight is 416 g/mol. The van der Waals surface area contributed by atoms with Crippen LogP contribution >= 0.6 is 35.6 Å². The van der Waals surface area contributed by atoms with Gasteiger partial charge in [-0.05, 0) is 38.1 Å². The number of nitrogens with one attached hydrogen (secondary N) is 2. The predicted molar refractivity (Wildman–Crippen MR) is 108 cm³/mol. The number of piperidine rings is 1. The SMILES string of the molecule is Cl.O=C(NC1CCNCC1)C(Oc1ccc(Cl)c(Cl)c1)c1ccccc1. The molecule has 3 rings (SSSR count). The summed E-state index contributed by atoms with van der Waals surface area (Å²) in [5.41, 5.74) is 0.792. The molecule has 1 aliphatic heterocycles. The van der Waals surface area contributed by atoms with Gasteiger partial charge in [-0.15, -0.1) is 12.4 Å². The average Bonchev–Trinajstić information content (AvgIpc) is 2.64. The van der Waals surface area contributed by atoms with Crippen LogP contribution in [-0.4, -0.2) is 25.0 Å². The number of hydrogen-bond acceptors (Lipinski definition) is 3. The highest BCUT2D eigenvalue weighted by Crippen LogP contribution is 2.29. The van der Waals surface area contributed by atoms with Gasteiger partial charge in [-0.3, -0.25) is 4.79 Å². The highest BCUT2D eigenvalue weighted by Gasteiger charge is 2.26. The topological polar surface area (TPSA) is 50.4 Å². The second-order valence-electron chi connectivity index (χ2n) is 6.02. The Morgan fingerprint density at radius 1 is 1.08 bits per heavy atom. The maximum atomic E-state index is 12.9. The lowest BCUT2D eigenvalue weighted by atomic mass is 10.0. The zero-order valence-corrected chi connectivity index (χ0v) is 16.4. The minimum absolute atomic E-state index is 0. The fraction of sp³-hybridized carbons (Fsp3) is 0.316. The fourth-order valence-electron chi connectivity index (χ4n) is 2.83. The van der Waals surface area contributed by atoms with Crippen LogP contribution in [0.5, 0.6) is 5.75 Å². The maximum Gasteiger partial charge on any atom is 0.266 e. The molecule has 2 N–H and O–H groups in total. The Morgan fingerprint density at radius 3 is 2.42 bits per heavy atom. The molecule has 4 nitrogen and oxygen atoms in total. The van der Waals surface area contributed by atoms with Crippen molar-refractivity contribution in [2.45, 2.75) is 25.0 Å². The zero-order chi connectivity index (χ0) is 17.6. The molecule has 0 aliphatic carbocycles. The van der Waals surface area contributed by atoms with Gasteiger partial charge in [-0.1, -0.05) is 53.5 Å². The summed E-state index contributed by atoms with van der Waals surface area (Å²) in [6.07, 6.45) is 1.09. The Hall–Kier alpha value is -1.46. The first-order valence-electron chi connectivity index (χ1n) is 8.31. The molecule has 1 fully saturated rings. The molecule has 0 spiro atoms. The van der Waals surface area contributed by atoms with E-state index in [2.05, 4.69) is 10.6 Å². The second kappa shape index (κ2) is 10.0. The number of ether oxygens (including phenoxy) is 1. The molecule has 1 saturated heterocycles. The Labute approximate surface area is 169 Å². The van der Waals surface area contributed by atoms with Crippen LogP contribution < -0.4 is 15.4 Å². The second-order valence-corrected chi connectivity index (χ2v) is 6.83. The smallest absolute Gasteiger partial charge is 0.266 e. The summed E-state index contributed by atoms with van der Waals surface area (Å²) in [7, 11) is 0. The number of hydrogen-bond donors (Lipinski definition) is 2. The highest BCUT2D eigenvalue weighted by atomic mass is 35.5. The van der Waals surface area contributed by atoms with Crippen LogP contribution in [0.4, 0.5) is 0 Å². The predicted octanol–water partition coefficient (Wildman–Crippen LogP) is 4.40. The van der Waals surface area contributed by atoms with Crippen molar-refractivity contribution < 1.29 is 9.53 Å². The van der Waals surface area contributed by atoms with E-state index in [-0.39, 0.29) is 24.4 Å². The van der Waals surface area contributed by atoms with E-state index in [0.29, 0.717) is 15.8 Å². The van der Waals surface area contributed by atoms with Crippen LogP contribution in [0.3, 0.4) is 0 Å². The van der Waals surface area contributed by atoms with Gasteiger partial charge in [0.2, 0.25) is 6.10 Å². The summed E-state index contributed by atoms with van der Waals surface area (Å²) < 4.78 is 5.97. The van der Waals surface area contributed by atoms with Crippen molar-refractivity contribution in [3.05, 3.63) is 64.1 Å². The number of carbonyl (C=O) groups is 1. The summed E-state index contributed by atoms with van der Waals surface area (Å²) in [5, 5.41) is 7.23. The molecule has 2 aromatic carbocycles. The van der Waals surface area contributed by atoms with Crippen molar-refractivity contribution in [2.75, 3.05) is 13.1 Å². The minimum atomic E-state index is -0.742. The standard InChI is InChI=1S/C19H20Cl2N2O2.ClH/c20-16-7-6-15(12-17(16)21)25-18(13-4-2-1-3-5-13)19(24)23-14-8-10-22-11-9-14;/h1-7,12,14,18,22H,8-11H2,(H,23,24);1H. The van der Waals surface area contributed by atoms with Crippen molar-refractivity contribution >= 4 is 41.5 Å². The van der Waals surface area contributed by atoms with E-state index >= 15 is 0 Å². The summed E-state index contributed by atoms with van der Waals surface area (Å²) in [6.45, 7) is 1.82. The van der Waals surface area contributed by atoms with Gasteiger partial charge in [0.15, 0.2) is 0 Å². The molecular formula is C19H21Cl3N2O2. The third-order valence-electron chi connectivity index (χ3n) is 4.17. The number of carbonyl (C=O) groups excluding carboxylic acids is 1. The molecule has 1 aliphatic rings. The molecule has 140 valence electrons. The zero-order valence-electron chi connectivity index (χ0n) is 14.1. The molecule has 0 bridgehead atoms. The molecule has 0 radical (unpaired) electrons. The Balaban J connectivity index is 0.00000243.